The number of fused-ring (bicyclic) bond motifs is 2. The van der Waals surface area contributed by atoms with E-state index in [-0.39, 0.29) is 48.4 Å². The number of carbonyl (C=O) groups excluding carboxylic acids is 4. The first-order valence-corrected chi connectivity index (χ1v) is 11.6. The Labute approximate surface area is 187 Å². The average Bonchev–Trinajstić information content (AvgIpc) is 3.06. The van der Waals surface area contributed by atoms with Crippen LogP contribution in [0.4, 0.5) is 5.82 Å². The molecule has 2 atom stereocenters. The van der Waals surface area contributed by atoms with Crippen molar-refractivity contribution in [3.05, 3.63) is 23.9 Å². The number of nitrogens with one attached hydrogen (secondary N) is 1. The van der Waals surface area contributed by atoms with Crippen LogP contribution in [0.15, 0.2) is 18.3 Å². The molecule has 1 saturated carbocycles. The molecule has 1 aromatic rings. The maximum absolute atomic E-state index is 12.9. The van der Waals surface area contributed by atoms with Crippen molar-refractivity contribution in [1.82, 2.24) is 20.1 Å². The van der Waals surface area contributed by atoms with E-state index >= 15 is 0 Å². The predicted molar refractivity (Wildman–Crippen MR) is 115 cm³/mol. The minimum absolute atomic E-state index is 0.0568. The molecule has 1 N–H and O–H groups in total. The normalized spacial score (nSPS) is 26.8. The molecule has 9 heteroatoms. The lowest BCUT2D eigenvalue weighted by atomic mass is 9.81. The predicted octanol–water partition coefficient (Wildman–Crippen LogP) is 1.15. The summed E-state index contributed by atoms with van der Waals surface area (Å²) in [5.41, 5.74) is -0.00847. The average molecular weight is 440 g/mol. The van der Waals surface area contributed by atoms with Crippen LogP contribution in [0.2, 0.25) is 0 Å². The summed E-state index contributed by atoms with van der Waals surface area (Å²) < 4.78 is 0. The van der Waals surface area contributed by atoms with Crippen molar-refractivity contribution in [3.8, 4) is 0 Å². The number of imide groups is 1. The molecule has 0 radical (unpaired) electrons. The molecule has 1 aliphatic carbocycles. The highest BCUT2D eigenvalue weighted by atomic mass is 16.2. The van der Waals surface area contributed by atoms with Gasteiger partial charge in [0.05, 0.1) is 17.4 Å². The van der Waals surface area contributed by atoms with Crippen LogP contribution in [0.1, 0.15) is 55.3 Å². The first kappa shape index (κ1) is 20.9. The molecule has 32 heavy (non-hydrogen) atoms. The quantitative estimate of drug-likeness (QED) is 0.709. The molecule has 1 aromatic heterocycles. The molecular weight excluding hydrogens is 410 g/mol. The van der Waals surface area contributed by atoms with Gasteiger partial charge in [0, 0.05) is 52.1 Å². The smallest absolute Gasteiger partial charge is 0.256 e. The van der Waals surface area contributed by atoms with E-state index in [0.29, 0.717) is 37.3 Å². The van der Waals surface area contributed by atoms with E-state index in [1.807, 2.05) is 11.9 Å². The first-order valence-electron chi connectivity index (χ1n) is 11.6. The van der Waals surface area contributed by atoms with Crippen LogP contribution in [-0.4, -0.2) is 70.8 Å². The van der Waals surface area contributed by atoms with E-state index in [2.05, 4.69) is 10.3 Å². The Bertz CT molecular complexity index is 947. The highest BCUT2D eigenvalue weighted by molar-refractivity contribution is 6.05. The molecular formula is C23H29N5O4. The van der Waals surface area contributed by atoms with Gasteiger partial charge in [0.1, 0.15) is 11.5 Å². The number of hydrogen-bond acceptors (Lipinski definition) is 6. The second kappa shape index (κ2) is 7.86. The third-order valence-electron chi connectivity index (χ3n) is 7.76. The number of likely N-dealkylation sites (tertiary alicyclic amines) is 2. The van der Waals surface area contributed by atoms with Gasteiger partial charge in [-0.2, -0.15) is 0 Å². The second-order valence-corrected chi connectivity index (χ2v) is 9.38. The number of pyridine rings is 1. The Morgan fingerprint density at radius 3 is 2.44 bits per heavy atom. The van der Waals surface area contributed by atoms with Gasteiger partial charge in [-0.05, 0) is 25.0 Å². The summed E-state index contributed by atoms with van der Waals surface area (Å²) in [6.07, 6.45) is 6.55. The molecule has 0 bridgehead atoms. The van der Waals surface area contributed by atoms with Gasteiger partial charge in [0.2, 0.25) is 17.7 Å². The lowest BCUT2D eigenvalue weighted by Crippen LogP contribution is -2.67. The van der Waals surface area contributed by atoms with E-state index in [0.717, 1.165) is 25.7 Å². The number of anilines is 1. The van der Waals surface area contributed by atoms with Gasteiger partial charge in [-0.1, -0.05) is 12.8 Å². The summed E-state index contributed by atoms with van der Waals surface area (Å²) in [4.78, 5) is 60.2. The van der Waals surface area contributed by atoms with Crippen molar-refractivity contribution in [1.29, 1.82) is 0 Å². The third-order valence-corrected chi connectivity index (χ3v) is 7.76. The van der Waals surface area contributed by atoms with Gasteiger partial charge < -0.3 is 15.1 Å². The SMILES string of the molecule is CN1c2ncccc2C(=O)NC12CCN(C(=O)CCN1C(=O)C3CCCCC3C1=O)CC2. The number of piperidine rings is 1. The molecule has 0 aromatic carbocycles. The van der Waals surface area contributed by atoms with Crippen molar-refractivity contribution >= 4 is 29.4 Å². The minimum atomic E-state index is -0.564. The Morgan fingerprint density at radius 1 is 1.12 bits per heavy atom. The Balaban J connectivity index is 1.19. The van der Waals surface area contributed by atoms with Crippen molar-refractivity contribution in [2.75, 3.05) is 31.6 Å². The topological polar surface area (TPSA) is 103 Å². The van der Waals surface area contributed by atoms with E-state index in [9.17, 15) is 19.2 Å². The summed E-state index contributed by atoms with van der Waals surface area (Å²) >= 11 is 0. The van der Waals surface area contributed by atoms with Gasteiger partial charge in [0.25, 0.3) is 5.91 Å². The molecule has 4 heterocycles. The first-order chi connectivity index (χ1) is 15.4. The summed E-state index contributed by atoms with van der Waals surface area (Å²) in [6.45, 7) is 1.16. The molecule has 2 unspecified atom stereocenters. The lowest BCUT2D eigenvalue weighted by Gasteiger charge is -2.50. The maximum atomic E-state index is 12.9. The summed E-state index contributed by atoms with van der Waals surface area (Å²) in [5, 5.41) is 3.13. The van der Waals surface area contributed by atoms with Crippen molar-refractivity contribution in [2.45, 2.75) is 50.6 Å². The Hall–Kier alpha value is -2.97. The summed E-state index contributed by atoms with van der Waals surface area (Å²) in [5.74, 6) is -0.0856. The van der Waals surface area contributed by atoms with Crippen LogP contribution in [0.25, 0.3) is 0 Å². The van der Waals surface area contributed by atoms with Crippen LogP contribution >= 0.6 is 0 Å². The summed E-state index contributed by atoms with van der Waals surface area (Å²) in [7, 11) is 1.92. The number of hydrogen-bond donors (Lipinski definition) is 1. The fourth-order valence-electron chi connectivity index (χ4n) is 5.81. The van der Waals surface area contributed by atoms with E-state index in [1.54, 1.807) is 23.2 Å². The zero-order valence-corrected chi connectivity index (χ0v) is 18.4. The fraction of sp³-hybridized carbons (Fsp3) is 0.609. The molecule has 3 fully saturated rings. The van der Waals surface area contributed by atoms with Crippen molar-refractivity contribution in [3.63, 3.8) is 0 Å². The van der Waals surface area contributed by atoms with E-state index in [4.69, 9.17) is 0 Å². The number of rotatable bonds is 3. The molecule has 4 amide bonds. The number of nitrogens with zero attached hydrogens (tertiary/aromatic N) is 4. The maximum Gasteiger partial charge on any atom is 0.256 e. The zero-order valence-electron chi connectivity index (χ0n) is 18.4. The van der Waals surface area contributed by atoms with Crippen molar-refractivity contribution < 1.29 is 19.2 Å². The molecule has 4 aliphatic rings. The van der Waals surface area contributed by atoms with Crippen LogP contribution < -0.4 is 10.2 Å². The molecule has 1 spiro atoms. The highest BCUT2D eigenvalue weighted by Crippen LogP contribution is 2.38. The fourth-order valence-corrected chi connectivity index (χ4v) is 5.81. The van der Waals surface area contributed by atoms with Crippen LogP contribution in [0.5, 0.6) is 0 Å². The largest absolute Gasteiger partial charge is 0.342 e. The molecule has 2 saturated heterocycles. The Kier molecular flexibility index (Phi) is 5.14. The third kappa shape index (κ3) is 3.25. The zero-order chi connectivity index (χ0) is 22.5. The van der Waals surface area contributed by atoms with Crippen molar-refractivity contribution in [2.24, 2.45) is 11.8 Å². The Morgan fingerprint density at radius 2 is 1.78 bits per heavy atom. The lowest BCUT2D eigenvalue weighted by molar-refractivity contribution is -0.141. The minimum Gasteiger partial charge on any atom is -0.342 e. The summed E-state index contributed by atoms with van der Waals surface area (Å²) in [6, 6.07) is 3.51. The van der Waals surface area contributed by atoms with Gasteiger partial charge >= 0.3 is 0 Å². The second-order valence-electron chi connectivity index (χ2n) is 9.38. The van der Waals surface area contributed by atoms with Crippen LogP contribution in [-0.2, 0) is 14.4 Å². The molecule has 3 aliphatic heterocycles. The molecule has 9 nitrogen and oxygen atoms in total. The highest BCUT2D eigenvalue weighted by Gasteiger charge is 2.48. The van der Waals surface area contributed by atoms with Gasteiger partial charge in [-0.3, -0.25) is 24.1 Å². The number of carbonyl (C=O) groups is 4. The van der Waals surface area contributed by atoms with E-state index < -0.39 is 5.66 Å². The standard InChI is InChI=1S/C23H29N5O4/c1-26-19-17(7-4-11-24-19)20(30)25-23(26)9-13-27(14-10-23)18(29)8-12-28-21(31)15-5-2-3-6-16(15)22(28)32/h4,7,11,15-16H,2-3,5-6,8-10,12-14H2,1H3,(H,25,30). The van der Waals surface area contributed by atoms with Crippen LogP contribution in [0, 0.1) is 11.8 Å². The molecule has 5 rings (SSSR count). The van der Waals surface area contributed by atoms with E-state index in [1.165, 1.54) is 4.90 Å². The van der Waals surface area contributed by atoms with Gasteiger partial charge in [-0.15, -0.1) is 0 Å². The monoisotopic (exact) mass is 439 g/mol. The number of amides is 4. The molecule has 170 valence electrons. The van der Waals surface area contributed by atoms with Gasteiger partial charge in [0.15, 0.2) is 0 Å². The number of aromatic nitrogens is 1. The van der Waals surface area contributed by atoms with Gasteiger partial charge in [-0.25, -0.2) is 4.98 Å². The van der Waals surface area contributed by atoms with Crippen LogP contribution in [0.3, 0.4) is 0 Å².